The molecule has 1 aliphatic heterocycles. The first-order chi connectivity index (χ1) is 14.8. The molecule has 0 spiro atoms. The zero-order valence-electron chi connectivity index (χ0n) is 16.9. The van der Waals surface area contributed by atoms with E-state index in [0.717, 1.165) is 6.07 Å². The Morgan fingerprint density at radius 1 is 1.16 bits per heavy atom. The number of ketones is 1. The van der Waals surface area contributed by atoms with E-state index >= 15 is 0 Å². The normalized spacial score (nSPS) is 15.5. The van der Waals surface area contributed by atoms with Crippen LogP contribution in [0, 0.1) is 16.0 Å². The first-order valence-corrected chi connectivity index (χ1v) is 9.30. The minimum absolute atomic E-state index is 0.0617. The molecule has 0 N–H and O–H groups in total. The summed E-state index contributed by atoms with van der Waals surface area (Å²) in [6, 6.07) is 10.1. The van der Waals surface area contributed by atoms with Crippen LogP contribution >= 0.6 is 0 Å². The first-order valence-electron chi connectivity index (χ1n) is 9.30. The Morgan fingerprint density at radius 3 is 2.61 bits per heavy atom. The largest absolute Gasteiger partial charge is 0.497 e. The third kappa shape index (κ3) is 4.80. The Hall–Kier alpha value is -3.95. The molecule has 1 atom stereocenters. The number of benzene rings is 2. The minimum Gasteiger partial charge on any atom is -0.497 e. The Balaban J connectivity index is 1.65. The Morgan fingerprint density at radius 2 is 1.94 bits per heavy atom. The van der Waals surface area contributed by atoms with Crippen molar-refractivity contribution in [1.29, 1.82) is 0 Å². The minimum atomic E-state index is -0.763. The number of esters is 1. The van der Waals surface area contributed by atoms with Crippen LogP contribution in [0.5, 0.6) is 11.5 Å². The van der Waals surface area contributed by atoms with Crippen molar-refractivity contribution < 1.29 is 33.5 Å². The summed E-state index contributed by atoms with van der Waals surface area (Å²) >= 11 is 0. The van der Waals surface area contributed by atoms with E-state index in [2.05, 4.69) is 0 Å². The molecule has 0 radical (unpaired) electrons. The quantitative estimate of drug-likeness (QED) is 0.272. The number of methoxy groups -OCH3 is 2. The van der Waals surface area contributed by atoms with Crippen molar-refractivity contribution in [3.8, 4) is 11.5 Å². The molecule has 0 aliphatic carbocycles. The summed E-state index contributed by atoms with van der Waals surface area (Å²) in [4.78, 5) is 48.8. The lowest BCUT2D eigenvalue weighted by molar-refractivity contribution is -0.384. The molecular formula is C21H20N2O8. The third-order valence-electron chi connectivity index (χ3n) is 4.86. The number of carbonyl (C=O) groups excluding carboxylic acids is 3. The zero-order chi connectivity index (χ0) is 22.5. The Labute approximate surface area is 177 Å². The van der Waals surface area contributed by atoms with E-state index in [4.69, 9.17) is 14.2 Å². The van der Waals surface area contributed by atoms with Gasteiger partial charge in [0.2, 0.25) is 11.7 Å². The van der Waals surface area contributed by atoms with Gasteiger partial charge in [-0.05, 0) is 12.1 Å². The summed E-state index contributed by atoms with van der Waals surface area (Å²) in [5, 5.41) is 10.8. The van der Waals surface area contributed by atoms with Crippen molar-refractivity contribution in [3.63, 3.8) is 0 Å². The molecule has 0 unspecified atom stereocenters. The summed E-state index contributed by atoms with van der Waals surface area (Å²) in [7, 11) is 2.97. The molecule has 3 rings (SSSR count). The zero-order valence-corrected chi connectivity index (χ0v) is 16.9. The van der Waals surface area contributed by atoms with Gasteiger partial charge in [-0.25, -0.2) is 0 Å². The average molecular weight is 428 g/mol. The number of nitro benzene ring substituents is 1. The number of hydrogen-bond donors (Lipinski definition) is 0. The lowest BCUT2D eigenvalue weighted by Crippen LogP contribution is -2.27. The highest BCUT2D eigenvalue weighted by atomic mass is 16.6. The number of hydrogen-bond acceptors (Lipinski definition) is 8. The fourth-order valence-corrected chi connectivity index (χ4v) is 3.24. The molecule has 1 saturated heterocycles. The lowest BCUT2D eigenvalue weighted by Gasteiger charge is -2.20. The number of nitrogens with zero attached hydrogens (tertiary/aromatic N) is 2. The second-order valence-electron chi connectivity index (χ2n) is 6.78. The predicted molar refractivity (Wildman–Crippen MR) is 108 cm³/mol. The number of anilines is 1. The molecule has 2 aromatic rings. The van der Waals surface area contributed by atoms with Crippen molar-refractivity contribution in [2.45, 2.75) is 6.42 Å². The molecule has 0 bridgehead atoms. The highest BCUT2D eigenvalue weighted by molar-refractivity contribution is 6.02. The molecule has 162 valence electrons. The molecule has 10 nitrogen and oxygen atoms in total. The standard InChI is InChI=1S/C21H20N2O8/c1-29-16-6-7-19(30-2)17(10-16)22-11-14(9-20(22)25)21(26)31-12-18(24)13-4-3-5-15(8-13)23(27)28/h3-8,10,14H,9,11-12H2,1-2H3/t14-/m1/s1. The van der Waals surface area contributed by atoms with E-state index in [1.165, 1.54) is 37.3 Å². The molecule has 1 amide bonds. The fourth-order valence-electron chi connectivity index (χ4n) is 3.24. The van der Waals surface area contributed by atoms with Crippen LogP contribution in [0.15, 0.2) is 42.5 Å². The van der Waals surface area contributed by atoms with Gasteiger partial charge in [0, 0.05) is 36.7 Å². The summed E-state index contributed by atoms with van der Waals surface area (Å²) in [5.41, 5.74) is 0.295. The summed E-state index contributed by atoms with van der Waals surface area (Å²) in [6.07, 6.45) is -0.0792. The van der Waals surface area contributed by atoms with Gasteiger partial charge in [-0.3, -0.25) is 24.5 Å². The van der Waals surface area contributed by atoms with Gasteiger partial charge in [-0.2, -0.15) is 0 Å². The summed E-state index contributed by atoms with van der Waals surface area (Å²) in [6.45, 7) is -0.515. The van der Waals surface area contributed by atoms with Crippen LogP contribution in [0.2, 0.25) is 0 Å². The van der Waals surface area contributed by atoms with Crippen LogP contribution in [-0.2, 0) is 14.3 Å². The average Bonchev–Trinajstić information content (AvgIpc) is 3.18. The van der Waals surface area contributed by atoms with Gasteiger partial charge in [0.25, 0.3) is 5.69 Å². The number of carbonyl (C=O) groups is 3. The van der Waals surface area contributed by atoms with Gasteiger partial charge in [-0.1, -0.05) is 12.1 Å². The smallest absolute Gasteiger partial charge is 0.311 e. The van der Waals surface area contributed by atoms with E-state index in [-0.39, 0.29) is 30.1 Å². The molecule has 31 heavy (non-hydrogen) atoms. The Bertz CT molecular complexity index is 1040. The molecule has 1 aliphatic rings. The van der Waals surface area contributed by atoms with E-state index in [1.807, 2.05) is 0 Å². The number of ether oxygens (including phenoxy) is 3. The van der Waals surface area contributed by atoms with Crippen molar-refractivity contribution in [1.82, 2.24) is 0 Å². The maximum Gasteiger partial charge on any atom is 0.311 e. The molecular weight excluding hydrogens is 408 g/mol. The summed E-state index contributed by atoms with van der Waals surface area (Å²) < 4.78 is 15.6. The van der Waals surface area contributed by atoms with E-state index in [9.17, 15) is 24.5 Å². The van der Waals surface area contributed by atoms with Crippen LogP contribution in [0.3, 0.4) is 0 Å². The van der Waals surface area contributed by atoms with Crippen molar-refractivity contribution in [3.05, 3.63) is 58.1 Å². The number of amides is 1. The number of Topliss-reactive ketones (excluding diaryl/α,β-unsaturated/α-hetero) is 1. The maximum atomic E-state index is 12.5. The van der Waals surface area contributed by atoms with E-state index in [0.29, 0.717) is 17.2 Å². The molecule has 1 heterocycles. The van der Waals surface area contributed by atoms with Crippen LogP contribution in [0.25, 0.3) is 0 Å². The monoisotopic (exact) mass is 428 g/mol. The van der Waals surface area contributed by atoms with Gasteiger partial charge in [0.05, 0.1) is 30.7 Å². The van der Waals surface area contributed by atoms with Gasteiger partial charge in [0.15, 0.2) is 6.61 Å². The van der Waals surface area contributed by atoms with Crippen LogP contribution in [-0.4, -0.2) is 50.0 Å². The molecule has 1 fully saturated rings. The number of nitro groups is 1. The van der Waals surface area contributed by atoms with Crippen LogP contribution in [0.1, 0.15) is 16.8 Å². The highest BCUT2D eigenvalue weighted by Gasteiger charge is 2.37. The van der Waals surface area contributed by atoms with Crippen LogP contribution in [0.4, 0.5) is 11.4 Å². The van der Waals surface area contributed by atoms with Crippen molar-refractivity contribution in [2.24, 2.45) is 5.92 Å². The first kappa shape index (κ1) is 21.8. The van der Waals surface area contributed by atoms with Crippen molar-refractivity contribution >= 4 is 29.0 Å². The Kier molecular flexibility index (Phi) is 6.49. The molecule has 2 aromatic carbocycles. The molecule has 0 aromatic heterocycles. The fraction of sp³-hybridized carbons (Fsp3) is 0.286. The lowest BCUT2D eigenvalue weighted by atomic mass is 10.1. The predicted octanol–water partition coefficient (Wildman–Crippen LogP) is 2.39. The van der Waals surface area contributed by atoms with Gasteiger partial charge in [-0.15, -0.1) is 0 Å². The number of rotatable bonds is 8. The SMILES string of the molecule is COc1ccc(OC)c(N2C[C@H](C(=O)OCC(=O)c3cccc([N+](=O)[O-])c3)CC2=O)c1. The molecule has 10 heteroatoms. The van der Waals surface area contributed by atoms with Crippen LogP contribution < -0.4 is 14.4 Å². The van der Waals surface area contributed by atoms with E-state index in [1.54, 1.807) is 18.2 Å². The summed E-state index contributed by atoms with van der Waals surface area (Å²) in [5.74, 6) is -1.36. The maximum absolute atomic E-state index is 12.5. The second kappa shape index (κ2) is 9.24. The van der Waals surface area contributed by atoms with E-state index < -0.39 is 29.2 Å². The second-order valence-corrected chi connectivity index (χ2v) is 6.78. The van der Waals surface area contributed by atoms with Gasteiger partial charge in [0.1, 0.15) is 11.5 Å². The molecule has 0 saturated carbocycles. The van der Waals surface area contributed by atoms with Crippen molar-refractivity contribution in [2.75, 3.05) is 32.3 Å². The third-order valence-corrected chi connectivity index (χ3v) is 4.86. The van der Waals surface area contributed by atoms with Gasteiger partial charge < -0.3 is 19.1 Å². The number of non-ortho nitro benzene ring substituents is 1. The highest BCUT2D eigenvalue weighted by Crippen LogP contribution is 2.36. The van der Waals surface area contributed by atoms with Gasteiger partial charge >= 0.3 is 5.97 Å². The topological polar surface area (TPSA) is 125 Å².